The molecule has 0 unspecified atom stereocenters. The van der Waals surface area contributed by atoms with E-state index in [9.17, 15) is 9.59 Å². The second-order valence-electron chi connectivity index (χ2n) is 5.67. The van der Waals surface area contributed by atoms with E-state index < -0.39 is 17.3 Å². The topological polar surface area (TPSA) is 119 Å². The van der Waals surface area contributed by atoms with Crippen LogP contribution in [0.1, 0.15) is 22.6 Å². The van der Waals surface area contributed by atoms with Gasteiger partial charge in [0.2, 0.25) is 23.5 Å². The summed E-state index contributed by atoms with van der Waals surface area (Å²) >= 11 is 6.02. The Labute approximate surface area is 156 Å². The highest BCUT2D eigenvalue weighted by molar-refractivity contribution is 6.30. The smallest absolute Gasteiger partial charge is 0.351 e. The van der Waals surface area contributed by atoms with Crippen molar-refractivity contribution in [3.8, 4) is 23.5 Å². The van der Waals surface area contributed by atoms with Crippen molar-refractivity contribution in [1.29, 1.82) is 0 Å². The molecule has 3 aromatic rings. The lowest BCUT2D eigenvalue weighted by Gasteiger charge is -2.28. The van der Waals surface area contributed by atoms with Crippen molar-refractivity contribution in [1.82, 2.24) is 19.9 Å². The molecule has 0 aliphatic carbocycles. The molecule has 4 rings (SSSR count). The fourth-order valence-electron chi connectivity index (χ4n) is 3.10. The van der Waals surface area contributed by atoms with Gasteiger partial charge in [-0.15, -0.1) is 0 Å². The molecule has 0 saturated heterocycles. The highest BCUT2D eigenvalue weighted by Gasteiger charge is 2.37. The van der Waals surface area contributed by atoms with Gasteiger partial charge in [0.1, 0.15) is 0 Å². The number of aromatic amines is 2. The number of fused-ring (bicyclic) bond motifs is 2. The zero-order chi connectivity index (χ0) is 19.1. The first-order valence-corrected chi connectivity index (χ1v) is 8.19. The Kier molecular flexibility index (Phi) is 4.08. The highest BCUT2D eigenvalue weighted by atomic mass is 35.5. The van der Waals surface area contributed by atoms with Crippen molar-refractivity contribution in [2.75, 3.05) is 14.2 Å². The first-order chi connectivity index (χ1) is 13.0. The number of methoxy groups -OCH3 is 2. The Hall–Kier alpha value is -3.33. The van der Waals surface area contributed by atoms with E-state index in [4.69, 9.17) is 25.8 Å². The minimum Gasteiger partial charge on any atom is -0.481 e. The van der Waals surface area contributed by atoms with Crippen LogP contribution < -0.4 is 25.6 Å². The third-order valence-corrected chi connectivity index (χ3v) is 4.42. The van der Waals surface area contributed by atoms with Crippen LogP contribution in [0.2, 0.25) is 5.02 Å². The van der Waals surface area contributed by atoms with Crippen LogP contribution in [0.5, 0.6) is 23.5 Å². The molecular weight excluding hydrogens is 376 g/mol. The Morgan fingerprint density at radius 3 is 1.85 bits per heavy atom. The average molecular weight is 389 g/mol. The van der Waals surface area contributed by atoms with Gasteiger partial charge in [-0.3, -0.25) is 9.97 Å². The summed E-state index contributed by atoms with van der Waals surface area (Å²) < 4.78 is 16.3. The lowest BCUT2D eigenvalue weighted by molar-refractivity contribution is 0.345. The minimum atomic E-state index is -0.646. The third kappa shape index (κ3) is 2.81. The molecule has 10 heteroatoms. The molecule has 138 valence electrons. The van der Waals surface area contributed by atoms with Crippen molar-refractivity contribution in [2.45, 2.75) is 5.92 Å². The Balaban J connectivity index is 2.08. The van der Waals surface area contributed by atoms with Crippen LogP contribution >= 0.6 is 11.6 Å². The first-order valence-electron chi connectivity index (χ1n) is 7.81. The van der Waals surface area contributed by atoms with Gasteiger partial charge >= 0.3 is 11.4 Å². The molecule has 2 N–H and O–H groups in total. The average Bonchev–Trinajstić information content (AvgIpc) is 2.65. The minimum absolute atomic E-state index is 0.0904. The number of H-pyrrole nitrogens is 2. The SMILES string of the molecule is COc1nc(=O)[nH]c2c1C(c1ccc(Cl)cc1)c1c(OC)nc(=O)[nH]c1O2. The molecular formula is C17H13ClN4O5. The molecule has 1 aliphatic heterocycles. The van der Waals surface area contributed by atoms with E-state index in [1.165, 1.54) is 14.2 Å². The summed E-state index contributed by atoms with van der Waals surface area (Å²) in [5.41, 5.74) is 0.433. The van der Waals surface area contributed by atoms with Gasteiger partial charge < -0.3 is 14.2 Å². The Morgan fingerprint density at radius 2 is 1.41 bits per heavy atom. The zero-order valence-electron chi connectivity index (χ0n) is 14.2. The molecule has 0 bridgehead atoms. The van der Waals surface area contributed by atoms with Gasteiger partial charge in [0, 0.05) is 5.02 Å². The number of aromatic nitrogens is 4. The number of rotatable bonds is 3. The molecule has 9 nitrogen and oxygen atoms in total. The number of nitrogens with zero attached hydrogens (tertiary/aromatic N) is 2. The third-order valence-electron chi connectivity index (χ3n) is 4.17. The van der Waals surface area contributed by atoms with Gasteiger partial charge in [-0.25, -0.2) is 9.59 Å². The van der Waals surface area contributed by atoms with Gasteiger partial charge in [-0.2, -0.15) is 9.97 Å². The lowest BCUT2D eigenvalue weighted by Crippen LogP contribution is -2.25. The van der Waals surface area contributed by atoms with Crippen LogP contribution in [-0.2, 0) is 0 Å². The largest absolute Gasteiger partial charge is 0.481 e. The van der Waals surface area contributed by atoms with Crippen LogP contribution in [0.3, 0.4) is 0 Å². The molecule has 27 heavy (non-hydrogen) atoms. The monoisotopic (exact) mass is 388 g/mol. The number of halogens is 1. The molecule has 1 aromatic carbocycles. The molecule has 0 spiro atoms. The van der Waals surface area contributed by atoms with E-state index in [1.807, 2.05) is 0 Å². The zero-order valence-corrected chi connectivity index (χ0v) is 15.0. The molecule has 0 atom stereocenters. The van der Waals surface area contributed by atoms with Crippen LogP contribution in [0.4, 0.5) is 0 Å². The van der Waals surface area contributed by atoms with Crippen molar-refractivity contribution in [3.63, 3.8) is 0 Å². The first kappa shape index (κ1) is 17.1. The number of ether oxygens (including phenoxy) is 3. The Bertz CT molecular complexity index is 1070. The van der Waals surface area contributed by atoms with Gasteiger partial charge in [-0.1, -0.05) is 23.7 Å². The summed E-state index contributed by atoms with van der Waals surface area (Å²) in [4.78, 5) is 36.5. The molecule has 0 radical (unpaired) electrons. The maximum atomic E-state index is 11.9. The number of hydrogen-bond donors (Lipinski definition) is 2. The second-order valence-corrected chi connectivity index (χ2v) is 6.11. The van der Waals surface area contributed by atoms with Crippen molar-refractivity contribution in [3.05, 3.63) is 66.9 Å². The summed E-state index contributed by atoms with van der Waals surface area (Å²) in [6.45, 7) is 0. The molecule has 3 heterocycles. The van der Waals surface area contributed by atoms with Crippen molar-refractivity contribution in [2.24, 2.45) is 0 Å². The van der Waals surface area contributed by atoms with Crippen molar-refractivity contribution >= 4 is 11.6 Å². The van der Waals surface area contributed by atoms with Gasteiger partial charge in [0.05, 0.1) is 31.3 Å². The second kappa shape index (κ2) is 6.44. The summed E-state index contributed by atoms with van der Waals surface area (Å²) in [5.74, 6) is -0.133. The standard InChI is InChI=1S/C17H13ClN4O5/c1-25-12-10-9(7-3-5-8(18)6-4-7)11-13(26-2)20-17(24)22-15(11)27-14(10)21-16(23)19-12/h3-6,9H,1-2H3,(H,19,21,23)(H,20,22,24). The van der Waals surface area contributed by atoms with Crippen LogP contribution in [-0.4, -0.2) is 34.2 Å². The van der Waals surface area contributed by atoms with Gasteiger partial charge in [0.15, 0.2) is 0 Å². The van der Waals surface area contributed by atoms with Crippen molar-refractivity contribution < 1.29 is 14.2 Å². The van der Waals surface area contributed by atoms with Gasteiger partial charge in [-0.05, 0) is 17.7 Å². The number of benzene rings is 1. The van der Waals surface area contributed by atoms with E-state index in [2.05, 4.69) is 19.9 Å². The lowest BCUT2D eigenvalue weighted by atomic mass is 9.85. The molecule has 1 aliphatic rings. The summed E-state index contributed by atoms with van der Waals surface area (Å²) in [5, 5.41) is 0.560. The molecule has 0 fully saturated rings. The predicted octanol–water partition coefficient (Wildman–Crippen LogP) is 1.81. The van der Waals surface area contributed by atoms with E-state index in [0.29, 0.717) is 16.1 Å². The summed E-state index contributed by atoms with van der Waals surface area (Å²) in [6, 6.07) is 7.06. The predicted molar refractivity (Wildman–Crippen MR) is 95.3 cm³/mol. The van der Waals surface area contributed by atoms with E-state index >= 15 is 0 Å². The fraction of sp³-hybridized carbons (Fsp3) is 0.176. The van der Waals surface area contributed by atoms with Crippen LogP contribution in [0, 0.1) is 0 Å². The maximum absolute atomic E-state index is 11.9. The summed E-state index contributed by atoms with van der Waals surface area (Å²) in [7, 11) is 2.80. The van der Waals surface area contributed by atoms with E-state index in [-0.39, 0.29) is 23.5 Å². The Morgan fingerprint density at radius 1 is 0.926 bits per heavy atom. The van der Waals surface area contributed by atoms with Crippen LogP contribution in [0.15, 0.2) is 33.9 Å². The highest BCUT2D eigenvalue weighted by Crippen LogP contribution is 2.50. The number of hydrogen-bond acceptors (Lipinski definition) is 7. The van der Waals surface area contributed by atoms with Crippen LogP contribution in [0.25, 0.3) is 0 Å². The molecule has 0 amide bonds. The molecule has 2 aromatic heterocycles. The molecule has 0 saturated carbocycles. The van der Waals surface area contributed by atoms with Gasteiger partial charge in [0.25, 0.3) is 0 Å². The number of nitrogens with one attached hydrogen (secondary N) is 2. The normalized spacial score (nSPS) is 12.7. The quantitative estimate of drug-likeness (QED) is 0.549. The van der Waals surface area contributed by atoms with E-state index in [1.54, 1.807) is 24.3 Å². The maximum Gasteiger partial charge on any atom is 0.351 e. The fourth-order valence-corrected chi connectivity index (χ4v) is 3.23. The van der Waals surface area contributed by atoms with E-state index in [0.717, 1.165) is 5.56 Å². The summed E-state index contributed by atoms with van der Waals surface area (Å²) in [6.07, 6.45) is 0.